The van der Waals surface area contributed by atoms with E-state index in [0.29, 0.717) is 0 Å². The molecule has 0 fully saturated rings. The van der Waals surface area contributed by atoms with E-state index >= 15 is 0 Å². The van der Waals surface area contributed by atoms with Crippen LogP contribution < -0.4 is 20.5 Å². The maximum Gasteiger partial charge on any atom is 0.430 e. The van der Waals surface area contributed by atoms with Gasteiger partial charge in [0.15, 0.2) is 0 Å². The minimum absolute atomic E-state index is 0.249. The Hall–Kier alpha value is -4.31. The largest absolute Gasteiger partial charge is 0.551 e. The molecule has 0 aliphatic carbocycles. The summed E-state index contributed by atoms with van der Waals surface area (Å²) in [7, 11) is 0. The Balaban J connectivity index is 1.54. The summed E-state index contributed by atoms with van der Waals surface area (Å²) in [6.07, 6.45) is 1.82. The zero-order valence-corrected chi connectivity index (χ0v) is 20.8. The van der Waals surface area contributed by atoms with Gasteiger partial charge in [-0.2, -0.15) is 0 Å². The first-order chi connectivity index (χ1) is 17.6. The second-order valence-electron chi connectivity index (χ2n) is 9.50. The standard InChI is InChI=1S/C32H27BN2O/c1-22-11-15-25(16-12-22)35-30-17-13-23(2)20-27(30)33(28-21-24(3)14-18-31(28)35)36-32-10-5-4-8-26(32)29-9-6-7-19-34-29/h4-21H,1-3H3. The van der Waals surface area contributed by atoms with E-state index in [1.54, 1.807) is 0 Å². The number of para-hydroxylation sites is 1. The van der Waals surface area contributed by atoms with Gasteiger partial charge in [-0.25, -0.2) is 0 Å². The maximum atomic E-state index is 6.94. The molecule has 4 aromatic carbocycles. The quantitative estimate of drug-likeness (QED) is 0.278. The summed E-state index contributed by atoms with van der Waals surface area (Å²) in [6.45, 7) is 6.15. The Kier molecular flexibility index (Phi) is 5.57. The minimum Gasteiger partial charge on any atom is -0.551 e. The number of hydrogen-bond acceptors (Lipinski definition) is 3. The molecule has 2 heterocycles. The summed E-state index contributed by atoms with van der Waals surface area (Å²) in [5, 5.41) is 0. The minimum atomic E-state index is -0.249. The van der Waals surface area contributed by atoms with E-state index in [9.17, 15) is 0 Å². The second-order valence-corrected chi connectivity index (χ2v) is 9.50. The first kappa shape index (κ1) is 22.2. The lowest BCUT2D eigenvalue weighted by atomic mass is 9.52. The smallest absolute Gasteiger partial charge is 0.430 e. The molecule has 5 aromatic rings. The van der Waals surface area contributed by atoms with Crippen molar-refractivity contribution in [2.45, 2.75) is 20.8 Å². The Bertz CT molecular complexity index is 1490. The van der Waals surface area contributed by atoms with Crippen molar-refractivity contribution in [2.24, 2.45) is 0 Å². The molecule has 1 aliphatic heterocycles. The molecule has 174 valence electrons. The monoisotopic (exact) mass is 466 g/mol. The molecule has 0 N–H and O–H groups in total. The molecule has 0 amide bonds. The molecule has 0 bridgehead atoms. The van der Waals surface area contributed by atoms with Crippen LogP contribution in [0.15, 0.2) is 109 Å². The van der Waals surface area contributed by atoms with Gasteiger partial charge in [-0.05, 0) is 80.2 Å². The van der Waals surface area contributed by atoms with Gasteiger partial charge in [-0.15, -0.1) is 0 Å². The summed E-state index contributed by atoms with van der Waals surface area (Å²) in [6, 6.07) is 36.2. The predicted octanol–water partition coefficient (Wildman–Crippen LogP) is 6.64. The molecule has 0 unspecified atom stereocenters. The van der Waals surface area contributed by atoms with Gasteiger partial charge in [0.1, 0.15) is 5.75 Å². The van der Waals surface area contributed by atoms with E-state index in [0.717, 1.165) is 45.0 Å². The fourth-order valence-corrected chi connectivity index (χ4v) is 5.00. The fourth-order valence-electron chi connectivity index (χ4n) is 5.00. The van der Waals surface area contributed by atoms with Crippen LogP contribution in [-0.4, -0.2) is 11.9 Å². The van der Waals surface area contributed by atoms with Crippen molar-refractivity contribution in [2.75, 3.05) is 4.90 Å². The first-order valence-corrected chi connectivity index (χ1v) is 12.3. The molecule has 6 rings (SSSR count). The highest BCUT2D eigenvalue weighted by molar-refractivity contribution is 6.84. The summed E-state index contributed by atoms with van der Waals surface area (Å²) in [5.41, 5.74) is 11.3. The summed E-state index contributed by atoms with van der Waals surface area (Å²) >= 11 is 0. The molecule has 0 radical (unpaired) electrons. The van der Waals surface area contributed by atoms with Gasteiger partial charge in [0, 0.05) is 28.8 Å². The number of fused-ring (bicyclic) bond motifs is 2. The Morgan fingerprint density at radius 2 is 1.25 bits per heavy atom. The zero-order chi connectivity index (χ0) is 24.6. The third-order valence-electron chi connectivity index (χ3n) is 6.78. The van der Waals surface area contributed by atoms with Crippen LogP contribution in [0.25, 0.3) is 11.3 Å². The average Bonchev–Trinajstić information content (AvgIpc) is 2.90. The van der Waals surface area contributed by atoms with Crippen LogP contribution in [0.2, 0.25) is 0 Å². The van der Waals surface area contributed by atoms with E-state index in [2.05, 4.69) is 97.4 Å². The summed E-state index contributed by atoms with van der Waals surface area (Å²) < 4.78 is 6.94. The Morgan fingerprint density at radius 3 is 1.89 bits per heavy atom. The van der Waals surface area contributed by atoms with E-state index in [1.807, 2.05) is 42.6 Å². The zero-order valence-electron chi connectivity index (χ0n) is 20.8. The van der Waals surface area contributed by atoms with Gasteiger partial charge in [-0.3, -0.25) is 4.98 Å². The molecule has 1 aliphatic rings. The van der Waals surface area contributed by atoms with E-state index in [4.69, 9.17) is 4.65 Å². The second kappa shape index (κ2) is 9.05. The van der Waals surface area contributed by atoms with Crippen molar-refractivity contribution in [3.63, 3.8) is 0 Å². The van der Waals surface area contributed by atoms with Crippen molar-refractivity contribution in [3.05, 3.63) is 126 Å². The topological polar surface area (TPSA) is 25.4 Å². The van der Waals surface area contributed by atoms with Crippen molar-refractivity contribution >= 4 is 34.9 Å². The lowest BCUT2D eigenvalue weighted by Crippen LogP contribution is -2.54. The van der Waals surface area contributed by atoms with Gasteiger partial charge in [0.25, 0.3) is 0 Å². The number of pyridine rings is 1. The number of anilines is 3. The predicted molar refractivity (Wildman–Crippen MR) is 151 cm³/mol. The maximum absolute atomic E-state index is 6.94. The van der Waals surface area contributed by atoms with Gasteiger partial charge < -0.3 is 9.55 Å². The Labute approximate surface area is 213 Å². The highest BCUT2D eigenvalue weighted by atomic mass is 16.4. The molecule has 0 saturated heterocycles. The molecular weight excluding hydrogens is 439 g/mol. The van der Waals surface area contributed by atoms with Gasteiger partial charge in [-0.1, -0.05) is 71.3 Å². The highest BCUT2D eigenvalue weighted by Gasteiger charge is 2.37. The Morgan fingerprint density at radius 1 is 0.639 bits per heavy atom. The van der Waals surface area contributed by atoms with Crippen LogP contribution in [0.3, 0.4) is 0 Å². The van der Waals surface area contributed by atoms with Crippen molar-refractivity contribution in [1.29, 1.82) is 0 Å². The van der Waals surface area contributed by atoms with Crippen LogP contribution in [0, 0.1) is 20.8 Å². The van der Waals surface area contributed by atoms with Gasteiger partial charge >= 0.3 is 6.92 Å². The lowest BCUT2D eigenvalue weighted by Gasteiger charge is -2.36. The van der Waals surface area contributed by atoms with Crippen molar-refractivity contribution in [1.82, 2.24) is 4.98 Å². The average molecular weight is 466 g/mol. The van der Waals surface area contributed by atoms with Gasteiger partial charge in [0.2, 0.25) is 0 Å². The fraction of sp³-hybridized carbons (Fsp3) is 0.0938. The van der Waals surface area contributed by atoms with Crippen LogP contribution in [0.5, 0.6) is 5.75 Å². The third kappa shape index (κ3) is 3.95. The molecule has 3 nitrogen and oxygen atoms in total. The number of benzene rings is 4. The summed E-state index contributed by atoms with van der Waals surface area (Å²) in [4.78, 5) is 6.94. The molecule has 0 spiro atoms. The molecule has 36 heavy (non-hydrogen) atoms. The molecular formula is C32H27BN2O. The van der Waals surface area contributed by atoms with Crippen LogP contribution in [0.1, 0.15) is 16.7 Å². The highest BCUT2D eigenvalue weighted by Crippen LogP contribution is 2.37. The van der Waals surface area contributed by atoms with E-state index < -0.39 is 0 Å². The number of aryl methyl sites for hydroxylation is 3. The molecule has 4 heteroatoms. The normalized spacial score (nSPS) is 12.2. The third-order valence-corrected chi connectivity index (χ3v) is 6.78. The number of hydrogen-bond donors (Lipinski definition) is 0. The molecule has 0 atom stereocenters. The van der Waals surface area contributed by atoms with Gasteiger partial charge in [0.05, 0.1) is 5.69 Å². The number of aromatic nitrogens is 1. The SMILES string of the molecule is Cc1ccc(N2c3ccc(C)cc3B(Oc3ccccc3-c3ccccn3)c3cc(C)ccc32)cc1. The van der Waals surface area contributed by atoms with Crippen molar-refractivity contribution < 1.29 is 4.65 Å². The molecule has 1 aromatic heterocycles. The number of rotatable bonds is 4. The first-order valence-electron chi connectivity index (χ1n) is 12.3. The van der Waals surface area contributed by atoms with E-state index in [1.165, 1.54) is 16.7 Å². The summed E-state index contributed by atoms with van der Waals surface area (Å²) in [5.74, 6) is 0.824. The van der Waals surface area contributed by atoms with Crippen LogP contribution >= 0.6 is 0 Å². The lowest BCUT2D eigenvalue weighted by molar-refractivity contribution is 0.593. The van der Waals surface area contributed by atoms with Crippen LogP contribution in [-0.2, 0) is 0 Å². The van der Waals surface area contributed by atoms with Crippen LogP contribution in [0.4, 0.5) is 17.1 Å². The van der Waals surface area contributed by atoms with Crippen molar-refractivity contribution in [3.8, 4) is 17.0 Å². The number of nitrogens with zero attached hydrogens (tertiary/aromatic N) is 2. The molecule has 0 saturated carbocycles. The van der Waals surface area contributed by atoms with E-state index in [-0.39, 0.29) is 6.92 Å².